The van der Waals surface area contributed by atoms with Crippen LogP contribution in [0.25, 0.3) is 0 Å². The van der Waals surface area contributed by atoms with Crippen LogP contribution in [0, 0.1) is 0 Å². The third kappa shape index (κ3) is 4.80. The smallest absolute Gasteiger partial charge is 0.169 e. The Labute approximate surface area is 98.2 Å². The molecule has 88 valence electrons. The lowest BCUT2D eigenvalue weighted by Crippen LogP contribution is -2.45. The molecular formula is C11H22N2OS. The van der Waals surface area contributed by atoms with Gasteiger partial charge in [-0.1, -0.05) is 12.8 Å². The monoisotopic (exact) mass is 230 g/mol. The third-order valence-electron chi connectivity index (χ3n) is 2.68. The van der Waals surface area contributed by atoms with Gasteiger partial charge in [-0.3, -0.25) is 0 Å². The molecule has 1 saturated heterocycles. The van der Waals surface area contributed by atoms with Gasteiger partial charge >= 0.3 is 0 Å². The fourth-order valence-electron chi connectivity index (χ4n) is 1.87. The molecule has 1 aliphatic heterocycles. The van der Waals surface area contributed by atoms with Crippen LogP contribution in [0.1, 0.15) is 32.6 Å². The number of nitrogens with zero attached hydrogens (tertiary/aromatic N) is 1. The van der Waals surface area contributed by atoms with Crippen LogP contribution in [0.2, 0.25) is 0 Å². The average molecular weight is 230 g/mol. The molecule has 0 aromatic carbocycles. The second-order valence-corrected chi connectivity index (χ2v) is 4.59. The van der Waals surface area contributed by atoms with Crippen molar-refractivity contribution in [3.8, 4) is 0 Å². The number of hydrogen-bond acceptors (Lipinski definition) is 2. The molecule has 0 spiro atoms. The molecule has 0 saturated carbocycles. The number of nitrogens with one attached hydrogen (secondary N) is 1. The SMILES string of the molecule is COC[C@@H](C)NC(=S)N1CCCCCC1. The van der Waals surface area contributed by atoms with Crippen molar-refractivity contribution in [3.63, 3.8) is 0 Å². The van der Waals surface area contributed by atoms with Crippen LogP contribution < -0.4 is 5.32 Å². The summed E-state index contributed by atoms with van der Waals surface area (Å²) in [5, 5.41) is 4.20. The lowest BCUT2D eigenvalue weighted by molar-refractivity contribution is 0.178. The van der Waals surface area contributed by atoms with E-state index in [9.17, 15) is 0 Å². The molecule has 0 amide bonds. The molecule has 0 aliphatic carbocycles. The van der Waals surface area contributed by atoms with Gasteiger partial charge in [0.15, 0.2) is 5.11 Å². The normalized spacial score (nSPS) is 19.5. The highest BCUT2D eigenvalue weighted by atomic mass is 32.1. The molecular weight excluding hydrogens is 208 g/mol. The standard InChI is InChI=1S/C11H22N2OS/c1-10(9-14-2)12-11(15)13-7-5-3-4-6-8-13/h10H,3-9H2,1-2H3,(H,12,15)/t10-/m1/s1. The van der Waals surface area contributed by atoms with Crippen LogP contribution in [0.4, 0.5) is 0 Å². The summed E-state index contributed by atoms with van der Waals surface area (Å²) in [6.45, 7) is 5.00. The van der Waals surface area contributed by atoms with E-state index in [1.807, 2.05) is 0 Å². The van der Waals surface area contributed by atoms with Gasteiger partial charge in [-0.15, -0.1) is 0 Å². The van der Waals surface area contributed by atoms with Crippen molar-refractivity contribution in [3.05, 3.63) is 0 Å². The van der Waals surface area contributed by atoms with Crippen LogP contribution >= 0.6 is 12.2 Å². The van der Waals surface area contributed by atoms with Crippen LogP contribution in [0.15, 0.2) is 0 Å². The molecule has 4 heteroatoms. The fourth-order valence-corrected chi connectivity index (χ4v) is 2.25. The van der Waals surface area contributed by atoms with Crippen molar-refractivity contribution >= 4 is 17.3 Å². The van der Waals surface area contributed by atoms with Crippen LogP contribution in [0.3, 0.4) is 0 Å². The van der Waals surface area contributed by atoms with Gasteiger partial charge in [0, 0.05) is 26.2 Å². The fraction of sp³-hybridized carbons (Fsp3) is 0.909. The van der Waals surface area contributed by atoms with E-state index in [2.05, 4.69) is 17.1 Å². The van der Waals surface area contributed by atoms with Crippen molar-refractivity contribution in [1.82, 2.24) is 10.2 Å². The number of likely N-dealkylation sites (tertiary alicyclic amines) is 1. The minimum Gasteiger partial charge on any atom is -0.383 e. The zero-order valence-electron chi connectivity index (χ0n) is 9.79. The lowest BCUT2D eigenvalue weighted by Gasteiger charge is -2.26. The number of thiocarbonyl (C=S) groups is 1. The minimum absolute atomic E-state index is 0.297. The molecule has 0 unspecified atom stereocenters. The Hall–Kier alpha value is -0.350. The molecule has 1 atom stereocenters. The van der Waals surface area contributed by atoms with E-state index in [0.717, 1.165) is 18.2 Å². The molecule has 1 rings (SSSR count). The molecule has 15 heavy (non-hydrogen) atoms. The van der Waals surface area contributed by atoms with Gasteiger partial charge < -0.3 is 15.0 Å². The first-order valence-electron chi connectivity index (χ1n) is 5.78. The maximum absolute atomic E-state index is 5.38. The van der Waals surface area contributed by atoms with E-state index in [0.29, 0.717) is 12.6 Å². The van der Waals surface area contributed by atoms with Crippen molar-refractivity contribution in [1.29, 1.82) is 0 Å². The second-order valence-electron chi connectivity index (χ2n) is 4.21. The summed E-state index contributed by atoms with van der Waals surface area (Å²) in [4.78, 5) is 2.29. The van der Waals surface area contributed by atoms with E-state index in [1.54, 1.807) is 7.11 Å². The maximum atomic E-state index is 5.38. The molecule has 1 heterocycles. The zero-order chi connectivity index (χ0) is 11.1. The van der Waals surface area contributed by atoms with Crippen molar-refractivity contribution in [2.45, 2.75) is 38.6 Å². The summed E-state index contributed by atoms with van der Waals surface area (Å²) in [5.41, 5.74) is 0. The highest BCUT2D eigenvalue weighted by molar-refractivity contribution is 7.80. The quantitative estimate of drug-likeness (QED) is 0.747. The summed E-state index contributed by atoms with van der Waals surface area (Å²) in [6.07, 6.45) is 5.21. The molecule has 0 aromatic heterocycles. The van der Waals surface area contributed by atoms with Crippen molar-refractivity contribution in [2.24, 2.45) is 0 Å². The van der Waals surface area contributed by atoms with Crippen LogP contribution in [-0.2, 0) is 4.74 Å². The summed E-state index contributed by atoms with van der Waals surface area (Å²) >= 11 is 5.38. The molecule has 0 radical (unpaired) electrons. The number of methoxy groups -OCH3 is 1. The van der Waals surface area contributed by atoms with E-state index in [4.69, 9.17) is 17.0 Å². The predicted octanol–water partition coefficient (Wildman–Crippen LogP) is 1.77. The number of hydrogen-bond donors (Lipinski definition) is 1. The van der Waals surface area contributed by atoms with Crippen LogP contribution in [-0.4, -0.2) is 42.9 Å². The Morgan fingerprint density at radius 2 is 1.93 bits per heavy atom. The summed E-state index contributed by atoms with van der Waals surface area (Å²) in [7, 11) is 1.72. The first kappa shape index (κ1) is 12.7. The molecule has 3 nitrogen and oxygen atoms in total. The Morgan fingerprint density at radius 3 is 2.47 bits per heavy atom. The van der Waals surface area contributed by atoms with Gasteiger partial charge in [0.25, 0.3) is 0 Å². The topological polar surface area (TPSA) is 24.5 Å². The number of ether oxygens (including phenoxy) is 1. The molecule has 0 bridgehead atoms. The van der Waals surface area contributed by atoms with Crippen LogP contribution in [0.5, 0.6) is 0 Å². The summed E-state index contributed by atoms with van der Waals surface area (Å²) in [6, 6.07) is 0.297. The van der Waals surface area contributed by atoms with E-state index < -0.39 is 0 Å². The van der Waals surface area contributed by atoms with E-state index >= 15 is 0 Å². The third-order valence-corrected chi connectivity index (χ3v) is 3.06. The van der Waals surface area contributed by atoms with Crippen molar-refractivity contribution < 1.29 is 4.74 Å². The highest BCUT2D eigenvalue weighted by Crippen LogP contribution is 2.09. The Morgan fingerprint density at radius 1 is 1.33 bits per heavy atom. The summed E-state index contributed by atoms with van der Waals surface area (Å²) < 4.78 is 5.08. The van der Waals surface area contributed by atoms with E-state index in [1.165, 1.54) is 25.7 Å². The molecule has 0 aromatic rings. The van der Waals surface area contributed by atoms with Gasteiger partial charge in [0.2, 0.25) is 0 Å². The largest absolute Gasteiger partial charge is 0.383 e. The average Bonchev–Trinajstić information content (AvgIpc) is 2.45. The van der Waals surface area contributed by atoms with Gasteiger partial charge in [-0.2, -0.15) is 0 Å². The van der Waals surface area contributed by atoms with E-state index in [-0.39, 0.29) is 0 Å². The minimum atomic E-state index is 0.297. The number of rotatable bonds is 3. The zero-order valence-corrected chi connectivity index (χ0v) is 10.6. The Balaban J connectivity index is 2.30. The molecule has 1 aliphatic rings. The Kier molecular flexibility index (Phi) is 5.95. The first-order chi connectivity index (χ1) is 7.24. The van der Waals surface area contributed by atoms with Gasteiger partial charge in [0.05, 0.1) is 6.61 Å². The first-order valence-corrected chi connectivity index (χ1v) is 6.19. The van der Waals surface area contributed by atoms with Gasteiger partial charge in [0.1, 0.15) is 0 Å². The summed E-state index contributed by atoms with van der Waals surface area (Å²) in [5.74, 6) is 0. The highest BCUT2D eigenvalue weighted by Gasteiger charge is 2.13. The second kappa shape index (κ2) is 7.01. The van der Waals surface area contributed by atoms with Gasteiger partial charge in [-0.25, -0.2) is 0 Å². The van der Waals surface area contributed by atoms with Gasteiger partial charge in [-0.05, 0) is 32.0 Å². The maximum Gasteiger partial charge on any atom is 0.169 e. The predicted molar refractivity (Wildman–Crippen MR) is 67.1 cm³/mol. The lowest BCUT2D eigenvalue weighted by atomic mass is 10.2. The molecule has 1 fully saturated rings. The molecule has 1 N–H and O–H groups in total. The van der Waals surface area contributed by atoms with Crippen molar-refractivity contribution in [2.75, 3.05) is 26.8 Å². The Bertz CT molecular complexity index is 191.